The Hall–Kier alpha value is -1.51. The van der Waals surface area contributed by atoms with E-state index in [9.17, 15) is 4.79 Å². The zero-order chi connectivity index (χ0) is 7.14. The Morgan fingerprint density at radius 2 is 2.30 bits per heavy atom. The zero-order valence-electron chi connectivity index (χ0n) is 5.27. The summed E-state index contributed by atoms with van der Waals surface area (Å²) in [5.74, 6) is 0. The molecule has 2 N–H and O–H groups in total. The number of pyridine rings is 1. The molecule has 0 aliphatic heterocycles. The van der Waals surface area contributed by atoms with Crippen molar-refractivity contribution < 1.29 is 0 Å². The lowest BCUT2D eigenvalue weighted by Crippen LogP contribution is -2.00. The number of hydrogen-bond donors (Lipinski definition) is 2. The second-order valence-electron chi connectivity index (χ2n) is 2.17. The Bertz CT molecular complexity index is 410. The predicted octanol–water partition coefficient (Wildman–Crippen LogP) is 0.937. The highest BCUT2D eigenvalue weighted by atomic mass is 16.1. The van der Waals surface area contributed by atoms with Gasteiger partial charge in [-0.1, -0.05) is 12.7 Å². The van der Waals surface area contributed by atoms with Crippen LogP contribution < -0.4 is 5.56 Å². The van der Waals surface area contributed by atoms with Crippen LogP contribution in [0.4, 0.5) is 0 Å². The Morgan fingerprint density at radius 1 is 1.50 bits per heavy atom. The van der Waals surface area contributed by atoms with Crippen molar-refractivity contribution in [2.24, 2.45) is 0 Å². The lowest BCUT2D eigenvalue weighted by Gasteiger charge is -1.82. The molecule has 0 amide bonds. The molecule has 0 saturated carbocycles. The second kappa shape index (κ2) is 1.50. The molecular formula is C7H6N2O. The van der Waals surface area contributed by atoms with Crippen LogP contribution in [0.5, 0.6) is 0 Å². The summed E-state index contributed by atoms with van der Waals surface area (Å²) in [6.45, 7) is 3.57. The average Bonchev–Trinajstić information content (AvgIpc) is 2.44. The van der Waals surface area contributed by atoms with Gasteiger partial charge in [-0.15, -0.1) is 0 Å². The highest BCUT2D eigenvalue weighted by Crippen LogP contribution is 2.10. The quantitative estimate of drug-likeness (QED) is 0.599. The lowest BCUT2D eigenvalue weighted by molar-refractivity contribution is 1.36. The van der Waals surface area contributed by atoms with Crippen LogP contribution in [-0.2, 0) is 0 Å². The Kier molecular flexibility index (Phi) is 0.795. The minimum Gasteiger partial charge on any atom is -0.337 e. The molecule has 0 aliphatic carbocycles. The average molecular weight is 134 g/mol. The first kappa shape index (κ1) is 5.29. The molecule has 3 heteroatoms. The van der Waals surface area contributed by atoms with Gasteiger partial charge in [0.05, 0.1) is 0 Å². The van der Waals surface area contributed by atoms with Crippen LogP contribution in [0.1, 0.15) is 5.56 Å². The molecule has 2 rings (SSSR count). The maximum absolute atomic E-state index is 10.9. The molecule has 0 aliphatic rings. The summed E-state index contributed by atoms with van der Waals surface area (Å²) >= 11 is 0. The van der Waals surface area contributed by atoms with Gasteiger partial charge in [-0.05, 0) is 6.07 Å². The molecule has 0 saturated heterocycles. The third-order valence-electron chi connectivity index (χ3n) is 1.54. The summed E-state index contributed by atoms with van der Waals surface area (Å²) < 4.78 is 0. The molecule has 0 spiro atoms. The standard InChI is InChI=1S/C7H6N2O/c1-2-4-3-5-8-6(4)7(10)9-5/h2-3H,1H2,(H2,8,9,10). The number of rotatable bonds is 1. The fraction of sp³-hybridized carbons (Fsp3) is 0. The molecule has 10 heavy (non-hydrogen) atoms. The predicted molar refractivity (Wildman–Crippen MR) is 40.2 cm³/mol. The van der Waals surface area contributed by atoms with Crippen molar-refractivity contribution in [3.8, 4) is 0 Å². The highest BCUT2D eigenvalue weighted by Gasteiger charge is 2.04. The molecule has 0 fully saturated rings. The van der Waals surface area contributed by atoms with Gasteiger partial charge in [-0.2, -0.15) is 0 Å². The fourth-order valence-electron chi connectivity index (χ4n) is 1.07. The molecule has 2 bridgehead atoms. The minimum absolute atomic E-state index is 0.0626. The van der Waals surface area contributed by atoms with E-state index in [0.717, 1.165) is 11.2 Å². The Morgan fingerprint density at radius 3 is 2.70 bits per heavy atom. The second-order valence-corrected chi connectivity index (χ2v) is 2.17. The van der Waals surface area contributed by atoms with Crippen LogP contribution in [0.2, 0.25) is 0 Å². The van der Waals surface area contributed by atoms with E-state index in [2.05, 4.69) is 16.5 Å². The number of aromatic nitrogens is 2. The van der Waals surface area contributed by atoms with Crippen LogP contribution >= 0.6 is 0 Å². The number of nitrogens with one attached hydrogen (secondary N) is 2. The third kappa shape index (κ3) is 0.466. The number of hydrogen-bond acceptors (Lipinski definition) is 1. The van der Waals surface area contributed by atoms with E-state index in [1.54, 1.807) is 6.08 Å². The zero-order valence-corrected chi connectivity index (χ0v) is 5.27. The Labute approximate surface area is 56.7 Å². The van der Waals surface area contributed by atoms with E-state index in [-0.39, 0.29) is 5.56 Å². The van der Waals surface area contributed by atoms with Gasteiger partial charge in [0, 0.05) is 5.56 Å². The van der Waals surface area contributed by atoms with E-state index in [1.807, 2.05) is 6.07 Å². The van der Waals surface area contributed by atoms with Gasteiger partial charge in [-0.25, -0.2) is 0 Å². The number of aromatic amines is 2. The smallest absolute Gasteiger partial charge is 0.273 e. The molecule has 50 valence electrons. The lowest BCUT2D eigenvalue weighted by atomic mass is 10.3. The van der Waals surface area contributed by atoms with Crippen molar-refractivity contribution in [1.29, 1.82) is 0 Å². The topological polar surface area (TPSA) is 48.6 Å². The van der Waals surface area contributed by atoms with Crippen molar-refractivity contribution in [3.05, 3.63) is 28.6 Å². The number of imidazole rings is 1. The van der Waals surface area contributed by atoms with Gasteiger partial charge < -0.3 is 9.97 Å². The monoisotopic (exact) mass is 134 g/mol. The maximum Gasteiger partial charge on any atom is 0.273 e. The molecule has 2 aromatic heterocycles. The van der Waals surface area contributed by atoms with Crippen molar-refractivity contribution in [2.45, 2.75) is 0 Å². The van der Waals surface area contributed by atoms with Crippen molar-refractivity contribution in [1.82, 2.24) is 9.97 Å². The Balaban J connectivity index is 2.98. The van der Waals surface area contributed by atoms with Gasteiger partial charge in [0.2, 0.25) is 0 Å². The molecule has 0 radical (unpaired) electrons. The van der Waals surface area contributed by atoms with Crippen molar-refractivity contribution >= 4 is 17.2 Å². The van der Waals surface area contributed by atoms with Crippen LogP contribution in [0.15, 0.2) is 17.4 Å². The van der Waals surface area contributed by atoms with E-state index in [4.69, 9.17) is 0 Å². The number of fused-ring (bicyclic) bond motifs is 2. The summed E-state index contributed by atoms with van der Waals surface area (Å²) in [6, 6.07) is 1.85. The minimum atomic E-state index is -0.0626. The summed E-state index contributed by atoms with van der Waals surface area (Å²) in [4.78, 5) is 16.4. The van der Waals surface area contributed by atoms with Gasteiger partial charge in [-0.3, -0.25) is 4.79 Å². The fourth-order valence-corrected chi connectivity index (χ4v) is 1.07. The molecule has 0 atom stereocenters. The van der Waals surface area contributed by atoms with Crippen molar-refractivity contribution in [2.75, 3.05) is 0 Å². The van der Waals surface area contributed by atoms with Crippen LogP contribution in [0.25, 0.3) is 17.2 Å². The molecule has 0 unspecified atom stereocenters. The highest BCUT2D eigenvalue weighted by molar-refractivity contribution is 5.75. The summed E-state index contributed by atoms with van der Waals surface area (Å²) in [5.41, 5.74) is 2.19. The summed E-state index contributed by atoms with van der Waals surface area (Å²) in [6.07, 6.45) is 1.66. The van der Waals surface area contributed by atoms with Crippen LogP contribution in [0, 0.1) is 0 Å². The van der Waals surface area contributed by atoms with E-state index in [1.165, 1.54) is 0 Å². The van der Waals surface area contributed by atoms with E-state index >= 15 is 0 Å². The molecule has 3 nitrogen and oxygen atoms in total. The summed E-state index contributed by atoms with van der Waals surface area (Å²) in [7, 11) is 0. The SMILES string of the molecule is C=Cc1cc2[nH]c(=O)c1[nH]2. The maximum atomic E-state index is 10.9. The van der Waals surface area contributed by atoms with Gasteiger partial charge in [0.15, 0.2) is 0 Å². The van der Waals surface area contributed by atoms with E-state index in [0.29, 0.717) is 5.52 Å². The first-order chi connectivity index (χ1) is 4.81. The van der Waals surface area contributed by atoms with E-state index < -0.39 is 0 Å². The largest absolute Gasteiger partial charge is 0.337 e. The van der Waals surface area contributed by atoms with Crippen molar-refractivity contribution in [3.63, 3.8) is 0 Å². The molecular weight excluding hydrogens is 128 g/mol. The van der Waals surface area contributed by atoms with Gasteiger partial charge in [0.25, 0.3) is 5.56 Å². The molecule has 0 aromatic carbocycles. The van der Waals surface area contributed by atoms with Crippen LogP contribution in [0.3, 0.4) is 0 Å². The first-order valence-electron chi connectivity index (χ1n) is 2.98. The third-order valence-corrected chi connectivity index (χ3v) is 1.54. The normalized spacial score (nSPS) is 10.8. The van der Waals surface area contributed by atoms with Gasteiger partial charge >= 0.3 is 0 Å². The first-order valence-corrected chi connectivity index (χ1v) is 2.98. The van der Waals surface area contributed by atoms with Gasteiger partial charge in [0.1, 0.15) is 11.2 Å². The number of H-pyrrole nitrogens is 2. The molecule has 2 aromatic rings. The van der Waals surface area contributed by atoms with Crippen LogP contribution in [-0.4, -0.2) is 9.97 Å². The summed E-state index contributed by atoms with van der Waals surface area (Å²) in [5, 5.41) is 0. The molecule has 2 heterocycles.